The molecule has 4 rings (SSSR count). The van der Waals surface area contributed by atoms with E-state index in [9.17, 15) is 16.8 Å². The lowest BCUT2D eigenvalue weighted by Crippen LogP contribution is -2.34. The number of ether oxygens (including phenoxy) is 1. The summed E-state index contributed by atoms with van der Waals surface area (Å²) in [5.74, 6) is -0.160. The molecule has 0 bridgehead atoms. The SMILES string of the molecule is COCCNCCNS(=O)(=O)c1ccc(-c2cccc3sc(N)nc23)c(-c2nn[nH]n2)c1S(N)(=O)=O. The summed E-state index contributed by atoms with van der Waals surface area (Å²) >= 11 is 1.25. The largest absolute Gasteiger partial charge is 0.383 e. The minimum Gasteiger partial charge on any atom is -0.383 e. The van der Waals surface area contributed by atoms with E-state index in [1.54, 1.807) is 19.2 Å². The molecule has 17 heteroatoms. The van der Waals surface area contributed by atoms with Crippen molar-refractivity contribution in [3.63, 3.8) is 0 Å². The van der Waals surface area contributed by atoms with E-state index in [-0.39, 0.29) is 30.0 Å². The van der Waals surface area contributed by atoms with Gasteiger partial charge < -0.3 is 15.8 Å². The van der Waals surface area contributed by atoms with Gasteiger partial charge in [-0.2, -0.15) is 5.21 Å². The Morgan fingerprint density at radius 3 is 2.58 bits per heavy atom. The quantitative estimate of drug-likeness (QED) is 0.154. The van der Waals surface area contributed by atoms with E-state index < -0.39 is 29.8 Å². The Bertz CT molecular complexity index is 1590. The molecular weight excluding hydrogens is 530 g/mol. The summed E-state index contributed by atoms with van der Waals surface area (Å²) in [6, 6.07) is 7.88. The Balaban J connectivity index is 1.89. The minimum atomic E-state index is -4.61. The highest BCUT2D eigenvalue weighted by molar-refractivity contribution is 7.92. The van der Waals surface area contributed by atoms with Crippen LogP contribution < -0.4 is 20.9 Å². The molecule has 0 aliphatic rings. The fraction of sp³-hybridized carbons (Fsp3) is 0.263. The predicted molar refractivity (Wildman–Crippen MR) is 134 cm³/mol. The zero-order chi connectivity index (χ0) is 25.9. The van der Waals surface area contributed by atoms with Crippen molar-refractivity contribution >= 4 is 46.7 Å². The molecule has 2 aromatic carbocycles. The zero-order valence-electron chi connectivity index (χ0n) is 18.9. The van der Waals surface area contributed by atoms with Crippen LogP contribution in [0.4, 0.5) is 5.13 Å². The summed E-state index contributed by atoms with van der Waals surface area (Å²) in [5, 5.41) is 22.5. The van der Waals surface area contributed by atoms with Gasteiger partial charge in [0.15, 0.2) is 5.13 Å². The molecule has 14 nitrogen and oxygen atoms in total. The highest BCUT2D eigenvalue weighted by Gasteiger charge is 2.32. The molecular formula is C19H23N9O5S3. The first kappa shape index (κ1) is 26.0. The van der Waals surface area contributed by atoms with Crippen molar-refractivity contribution in [1.82, 2.24) is 35.6 Å². The van der Waals surface area contributed by atoms with Crippen LogP contribution in [0.15, 0.2) is 40.1 Å². The summed E-state index contributed by atoms with van der Waals surface area (Å²) in [6.07, 6.45) is 0. The van der Waals surface area contributed by atoms with Crippen molar-refractivity contribution in [2.45, 2.75) is 9.79 Å². The second-order valence-corrected chi connectivity index (χ2v) is 11.7. The molecule has 0 amide bonds. The number of nitrogens with zero attached hydrogens (tertiary/aromatic N) is 4. The van der Waals surface area contributed by atoms with Gasteiger partial charge in [0.2, 0.25) is 25.9 Å². The fourth-order valence-corrected chi connectivity index (χ4v) is 7.00. The van der Waals surface area contributed by atoms with Crippen molar-refractivity contribution in [1.29, 1.82) is 0 Å². The van der Waals surface area contributed by atoms with Crippen molar-refractivity contribution in [3.05, 3.63) is 30.3 Å². The molecule has 0 spiro atoms. The van der Waals surface area contributed by atoms with E-state index in [0.29, 0.717) is 29.4 Å². The van der Waals surface area contributed by atoms with Gasteiger partial charge in [-0.3, -0.25) is 0 Å². The van der Waals surface area contributed by atoms with Gasteiger partial charge in [0.25, 0.3) is 0 Å². The molecule has 0 aliphatic carbocycles. The second kappa shape index (κ2) is 10.5. The van der Waals surface area contributed by atoms with Crippen LogP contribution in [0.1, 0.15) is 0 Å². The van der Waals surface area contributed by atoms with Gasteiger partial charge in [0.05, 0.1) is 22.4 Å². The van der Waals surface area contributed by atoms with Crippen molar-refractivity contribution < 1.29 is 21.6 Å². The number of fused-ring (bicyclic) bond motifs is 1. The molecule has 36 heavy (non-hydrogen) atoms. The van der Waals surface area contributed by atoms with Crippen LogP contribution in [-0.2, 0) is 24.8 Å². The van der Waals surface area contributed by atoms with Crippen LogP contribution in [0.3, 0.4) is 0 Å². The number of para-hydroxylation sites is 1. The third-order valence-electron chi connectivity index (χ3n) is 5.07. The van der Waals surface area contributed by atoms with Crippen LogP contribution >= 0.6 is 11.3 Å². The molecule has 7 N–H and O–H groups in total. The van der Waals surface area contributed by atoms with Gasteiger partial charge in [0.1, 0.15) is 9.79 Å². The molecule has 2 heterocycles. The number of methoxy groups -OCH3 is 1. The number of aromatic nitrogens is 5. The number of nitrogens with two attached hydrogens (primary N) is 2. The average Bonchev–Trinajstić information content (AvgIpc) is 3.48. The van der Waals surface area contributed by atoms with Crippen LogP contribution in [0.25, 0.3) is 32.7 Å². The number of hydrogen-bond donors (Lipinski definition) is 5. The number of hydrogen-bond acceptors (Lipinski definition) is 12. The van der Waals surface area contributed by atoms with Gasteiger partial charge in [0, 0.05) is 32.3 Å². The molecule has 0 saturated heterocycles. The fourth-order valence-electron chi connectivity index (χ4n) is 3.61. The molecule has 0 aliphatic heterocycles. The summed E-state index contributed by atoms with van der Waals surface area (Å²) in [5.41, 5.74) is 7.03. The predicted octanol–water partition coefficient (Wildman–Crippen LogP) is -0.113. The molecule has 0 atom stereocenters. The standard InChI is InChI=1S/C19H23N9O5S3/c1-33-10-9-22-7-8-23-36(31,32)14-6-5-11(12-3-2-4-13-16(12)24-19(20)34-13)15(17(14)35(21,29)30)18-25-27-28-26-18/h2-6,22-23H,7-10H2,1H3,(H2,20,24)(H2,21,29,30)(H,25,26,27,28). The number of thiazole rings is 1. The number of aromatic amines is 1. The number of tetrazole rings is 1. The van der Waals surface area contributed by atoms with Gasteiger partial charge in [-0.15, -0.1) is 10.2 Å². The number of rotatable bonds is 11. The highest BCUT2D eigenvalue weighted by Crippen LogP contribution is 2.41. The summed E-state index contributed by atoms with van der Waals surface area (Å²) in [7, 11) is -7.38. The summed E-state index contributed by atoms with van der Waals surface area (Å²) < 4.78 is 60.2. The van der Waals surface area contributed by atoms with Gasteiger partial charge in [-0.1, -0.05) is 29.5 Å². The maximum Gasteiger partial charge on any atom is 0.241 e. The van der Waals surface area contributed by atoms with E-state index in [1.165, 1.54) is 23.5 Å². The van der Waals surface area contributed by atoms with E-state index in [4.69, 9.17) is 15.6 Å². The maximum atomic E-state index is 13.2. The Kier molecular flexibility index (Phi) is 7.59. The number of sulfonamides is 2. The monoisotopic (exact) mass is 553 g/mol. The number of nitrogens with one attached hydrogen (secondary N) is 3. The number of primary sulfonamides is 1. The highest BCUT2D eigenvalue weighted by atomic mass is 32.2. The zero-order valence-corrected chi connectivity index (χ0v) is 21.4. The number of nitrogen functional groups attached to an aromatic ring is 1. The first-order chi connectivity index (χ1) is 17.1. The number of H-pyrrole nitrogens is 1. The van der Waals surface area contributed by atoms with Gasteiger partial charge in [-0.25, -0.2) is 31.7 Å². The Morgan fingerprint density at radius 2 is 1.89 bits per heavy atom. The van der Waals surface area contributed by atoms with Crippen LogP contribution in [0.2, 0.25) is 0 Å². The topological polar surface area (TPSA) is 221 Å². The summed E-state index contributed by atoms with van der Waals surface area (Å²) in [6.45, 7) is 1.25. The Morgan fingerprint density at radius 1 is 1.08 bits per heavy atom. The Hall–Kier alpha value is -3.06. The lowest BCUT2D eigenvalue weighted by atomic mass is 9.98. The second-order valence-electron chi connectivity index (χ2n) is 7.44. The maximum absolute atomic E-state index is 13.2. The van der Waals surface area contributed by atoms with E-state index in [2.05, 4.69) is 35.6 Å². The molecule has 0 fully saturated rings. The van der Waals surface area contributed by atoms with Crippen LogP contribution in [0, 0.1) is 0 Å². The smallest absolute Gasteiger partial charge is 0.241 e. The molecule has 0 saturated carbocycles. The average molecular weight is 554 g/mol. The molecule has 192 valence electrons. The van der Waals surface area contributed by atoms with E-state index in [1.807, 2.05) is 6.07 Å². The number of benzene rings is 2. The third kappa shape index (κ3) is 5.36. The molecule has 2 aromatic heterocycles. The van der Waals surface area contributed by atoms with Gasteiger partial charge in [-0.05, 0) is 22.9 Å². The Labute approximate surface area is 210 Å². The normalized spacial score (nSPS) is 12.4. The minimum absolute atomic E-state index is 0.00713. The van der Waals surface area contributed by atoms with Gasteiger partial charge >= 0.3 is 0 Å². The lowest BCUT2D eigenvalue weighted by Gasteiger charge is -2.17. The molecule has 4 aromatic rings. The van der Waals surface area contributed by atoms with E-state index >= 15 is 0 Å². The van der Waals surface area contributed by atoms with Crippen molar-refractivity contribution in [3.8, 4) is 22.5 Å². The van der Waals surface area contributed by atoms with E-state index in [0.717, 1.165) is 4.70 Å². The van der Waals surface area contributed by atoms with Crippen molar-refractivity contribution in [2.24, 2.45) is 5.14 Å². The first-order valence-corrected chi connectivity index (χ1v) is 14.3. The summed E-state index contributed by atoms with van der Waals surface area (Å²) in [4.78, 5) is 3.14. The number of anilines is 1. The first-order valence-electron chi connectivity index (χ1n) is 10.4. The molecule has 0 radical (unpaired) electrons. The van der Waals surface area contributed by atoms with Crippen LogP contribution in [-0.4, -0.2) is 75.8 Å². The van der Waals surface area contributed by atoms with Crippen molar-refractivity contribution in [2.75, 3.05) is 39.1 Å². The molecule has 0 unspecified atom stereocenters. The third-order valence-corrected chi connectivity index (χ3v) is 8.54. The lowest BCUT2D eigenvalue weighted by molar-refractivity contribution is 0.199. The van der Waals surface area contributed by atoms with Crippen LogP contribution in [0.5, 0.6) is 0 Å².